The van der Waals surface area contributed by atoms with Crippen LogP contribution in [0.25, 0.3) is 0 Å². The summed E-state index contributed by atoms with van der Waals surface area (Å²) in [6.45, 7) is 9.03. The van der Waals surface area contributed by atoms with Crippen LogP contribution in [0.2, 0.25) is 0 Å². The van der Waals surface area contributed by atoms with E-state index in [-0.39, 0.29) is 24.0 Å². The molecule has 2 aromatic rings. The summed E-state index contributed by atoms with van der Waals surface area (Å²) in [5.74, 6) is 2.32. The SMILES string of the molecule is CCCOc1ccc(CN=C(NCC)NCCc2csc(C)n2)cc1OC.I. The molecule has 1 aromatic carbocycles. The van der Waals surface area contributed by atoms with Gasteiger partial charge in [-0.1, -0.05) is 13.0 Å². The molecule has 156 valence electrons. The van der Waals surface area contributed by atoms with E-state index in [9.17, 15) is 0 Å². The predicted molar refractivity (Wildman–Crippen MR) is 128 cm³/mol. The zero-order chi connectivity index (χ0) is 19.5. The van der Waals surface area contributed by atoms with Crippen molar-refractivity contribution in [2.24, 2.45) is 4.99 Å². The third-order valence-electron chi connectivity index (χ3n) is 3.79. The van der Waals surface area contributed by atoms with Gasteiger partial charge >= 0.3 is 0 Å². The maximum atomic E-state index is 5.70. The van der Waals surface area contributed by atoms with E-state index in [1.165, 1.54) is 0 Å². The summed E-state index contributed by atoms with van der Waals surface area (Å²) in [5.41, 5.74) is 2.19. The van der Waals surface area contributed by atoms with Gasteiger partial charge in [0, 0.05) is 24.9 Å². The van der Waals surface area contributed by atoms with E-state index in [2.05, 4.69) is 39.8 Å². The van der Waals surface area contributed by atoms with Crippen molar-refractivity contribution < 1.29 is 9.47 Å². The van der Waals surface area contributed by atoms with Crippen LogP contribution in [0.1, 0.15) is 36.5 Å². The van der Waals surface area contributed by atoms with Crippen LogP contribution in [0.5, 0.6) is 11.5 Å². The number of thiazole rings is 1. The Morgan fingerprint density at radius 3 is 2.68 bits per heavy atom. The molecular weight excluding hydrogens is 487 g/mol. The number of hydrogen-bond acceptors (Lipinski definition) is 5. The Labute approximate surface area is 189 Å². The van der Waals surface area contributed by atoms with Crippen molar-refractivity contribution in [2.75, 3.05) is 26.8 Å². The smallest absolute Gasteiger partial charge is 0.191 e. The Bertz CT molecular complexity index is 737. The van der Waals surface area contributed by atoms with E-state index < -0.39 is 0 Å². The second kappa shape index (κ2) is 13.6. The van der Waals surface area contributed by atoms with Crippen molar-refractivity contribution in [1.29, 1.82) is 0 Å². The Balaban J connectivity index is 0.00000392. The first-order valence-electron chi connectivity index (χ1n) is 9.39. The van der Waals surface area contributed by atoms with Crippen LogP contribution in [-0.4, -0.2) is 37.7 Å². The lowest BCUT2D eigenvalue weighted by atomic mass is 10.2. The Morgan fingerprint density at radius 1 is 1.21 bits per heavy atom. The number of aromatic nitrogens is 1. The minimum absolute atomic E-state index is 0. The second-order valence-electron chi connectivity index (χ2n) is 6.06. The first kappa shape index (κ1) is 24.5. The molecule has 0 radical (unpaired) electrons. The lowest BCUT2D eigenvalue weighted by Crippen LogP contribution is -2.38. The Kier molecular flexibility index (Phi) is 11.9. The zero-order valence-corrected chi connectivity index (χ0v) is 20.2. The largest absolute Gasteiger partial charge is 0.493 e. The van der Waals surface area contributed by atoms with Gasteiger partial charge in [0.05, 0.1) is 31.0 Å². The van der Waals surface area contributed by atoms with Gasteiger partial charge in [0.2, 0.25) is 0 Å². The summed E-state index contributed by atoms with van der Waals surface area (Å²) < 4.78 is 11.1. The molecule has 6 nitrogen and oxygen atoms in total. The molecule has 0 saturated heterocycles. The molecule has 1 aromatic heterocycles. The van der Waals surface area contributed by atoms with Crippen molar-refractivity contribution in [2.45, 2.75) is 40.2 Å². The van der Waals surface area contributed by atoms with Crippen molar-refractivity contribution in [3.05, 3.63) is 39.8 Å². The van der Waals surface area contributed by atoms with Crippen LogP contribution in [0.3, 0.4) is 0 Å². The van der Waals surface area contributed by atoms with Gasteiger partial charge in [0.25, 0.3) is 0 Å². The Hall–Kier alpha value is -1.55. The molecule has 0 bridgehead atoms. The van der Waals surface area contributed by atoms with Crippen molar-refractivity contribution in [3.63, 3.8) is 0 Å². The minimum Gasteiger partial charge on any atom is -0.493 e. The lowest BCUT2D eigenvalue weighted by Gasteiger charge is -2.12. The molecule has 2 N–H and O–H groups in total. The highest BCUT2D eigenvalue weighted by Gasteiger charge is 2.06. The van der Waals surface area contributed by atoms with E-state index >= 15 is 0 Å². The van der Waals surface area contributed by atoms with Gasteiger partial charge in [0.1, 0.15) is 0 Å². The molecule has 2 rings (SSSR count). The monoisotopic (exact) mass is 518 g/mol. The third kappa shape index (κ3) is 8.22. The molecule has 0 aliphatic rings. The van der Waals surface area contributed by atoms with E-state index in [0.29, 0.717) is 13.2 Å². The molecular formula is C20H31IN4O2S. The molecule has 0 saturated carbocycles. The highest BCUT2D eigenvalue weighted by molar-refractivity contribution is 14.0. The Morgan fingerprint density at radius 2 is 2.04 bits per heavy atom. The summed E-state index contributed by atoms with van der Waals surface area (Å²) in [7, 11) is 1.66. The molecule has 28 heavy (non-hydrogen) atoms. The molecule has 1 heterocycles. The number of guanidine groups is 1. The molecule has 0 spiro atoms. The van der Waals surface area contributed by atoms with Gasteiger partial charge < -0.3 is 20.1 Å². The number of nitrogens with one attached hydrogen (secondary N) is 2. The molecule has 0 unspecified atom stereocenters. The number of methoxy groups -OCH3 is 1. The number of ether oxygens (including phenoxy) is 2. The number of aliphatic imine (C=N–C) groups is 1. The minimum atomic E-state index is 0. The van der Waals surface area contributed by atoms with Crippen LogP contribution in [0.15, 0.2) is 28.6 Å². The molecule has 8 heteroatoms. The van der Waals surface area contributed by atoms with Crippen LogP contribution in [0.4, 0.5) is 0 Å². The van der Waals surface area contributed by atoms with Gasteiger partial charge in [-0.2, -0.15) is 0 Å². The topological polar surface area (TPSA) is 67.8 Å². The number of aryl methyl sites for hydroxylation is 1. The van der Waals surface area contributed by atoms with Crippen LogP contribution in [0, 0.1) is 6.92 Å². The summed E-state index contributed by atoms with van der Waals surface area (Å²) in [6.07, 6.45) is 1.85. The zero-order valence-electron chi connectivity index (χ0n) is 17.1. The van der Waals surface area contributed by atoms with Crippen LogP contribution in [-0.2, 0) is 13.0 Å². The van der Waals surface area contributed by atoms with E-state index in [4.69, 9.17) is 9.47 Å². The first-order valence-corrected chi connectivity index (χ1v) is 10.3. The second-order valence-corrected chi connectivity index (χ2v) is 7.13. The maximum Gasteiger partial charge on any atom is 0.191 e. The third-order valence-corrected chi connectivity index (χ3v) is 4.62. The number of halogens is 1. The van der Waals surface area contributed by atoms with E-state index in [1.807, 2.05) is 25.1 Å². The molecule has 0 amide bonds. The van der Waals surface area contributed by atoms with E-state index in [1.54, 1.807) is 18.4 Å². The molecule has 0 aliphatic carbocycles. The van der Waals surface area contributed by atoms with Crippen molar-refractivity contribution in [1.82, 2.24) is 15.6 Å². The first-order chi connectivity index (χ1) is 13.2. The normalized spacial score (nSPS) is 10.9. The van der Waals surface area contributed by atoms with Gasteiger partial charge in [0.15, 0.2) is 17.5 Å². The molecule has 0 atom stereocenters. The number of rotatable bonds is 10. The highest BCUT2D eigenvalue weighted by Crippen LogP contribution is 2.28. The van der Waals surface area contributed by atoms with Gasteiger partial charge in [-0.15, -0.1) is 35.3 Å². The van der Waals surface area contributed by atoms with Crippen LogP contribution >= 0.6 is 35.3 Å². The summed E-state index contributed by atoms with van der Waals surface area (Å²) in [6, 6.07) is 5.96. The van der Waals surface area contributed by atoms with Crippen molar-refractivity contribution >= 4 is 41.3 Å². The number of nitrogens with zero attached hydrogens (tertiary/aromatic N) is 2. The number of hydrogen-bond donors (Lipinski definition) is 2. The average Bonchev–Trinajstić information content (AvgIpc) is 3.09. The van der Waals surface area contributed by atoms with Gasteiger partial charge in [-0.05, 0) is 38.0 Å². The van der Waals surface area contributed by atoms with Gasteiger partial charge in [-0.25, -0.2) is 9.98 Å². The quantitative estimate of drug-likeness (QED) is 0.281. The molecule has 0 aliphatic heterocycles. The van der Waals surface area contributed by atoms with Gasteiger partial charge in [-0.3, -0.25) is 0 Å². The summed E-state index contributed by atoms with van der Waals surface area (Å²) in [4.78, 5) is 9.16. The molecule has 0 fully saturated rings. The maximum absolute atomic E-state index is 5.70. The van der Waals surface area contributed by atoms with Crippen LogP contribution < -0.4 is 20.1 Å². The predicted octanol–water partition coefficient (Wildman–Crippen LogP) is 4.16. The summed E-state index contributed by atoms with van der Waals surface area (Å²) in [5, 5.41) is 9.85. The average molecular weight is 518 g/mol. The standard InChI is InChI=1S/C20H30N4O2S.HI/c1-5-11-26-18-8-7-16(12-19(18)25-4)13-23-20(21-6-2)22-10-9-17-14-27-15(3)24-17;/h7-8,12,14H,5-6,9-11,13H2,1-4H3,(H2,21,22,23);1H. The van der Waals surface area contributed by atoms with E-state index in [0.717, 1.165) is 59.7 Å². The lowest BCUT2D eigenvalue weighted by molar-refractivity contribution is 0.294. The number of benzene rings is 1. The summed E-state index contributed by atoms with van der Waals surface area (Å²) >= 11 is 1.68. The fraction of sp³-hybridized carbons (Fsp3) is 0.500. The highest BCUT2D eigenvalue weighted by atomic mass is 127. The fourth-order valence-corrected chi connectivity index (χ4v) is 3.13. The fourth-order valence-electron chi connectivity index (χ4n) is 2.49. The van der Waals surface area contributed by atoms with Crippen molar-refractivity contribution in [3.8, 4) is 11.5 Å².